The van der Waals surface area contributed by atoms with E-state index in [2.05, 4.69) is 13.8 Å². The Morgan fingerprint density at radius 2 is 2.00 bits per heavy atom. The summed E-state index contributed by atoms with van der Waals surface area (Å²) in [6.45, 7) is 4.42. The first-order valence-electron chi connectivity index (χ1n) is 5.45. The van der Waals surface area contributed by atoms with Gasteiger partial charge in [0.25, 0.3) is 0 Å². The van der Waals surface area contributed by atoms with E-state index in [4.69, 9.17) is 4.74 Å². The summed E-state index contributed by atoms with van der Waals surface area (Å²) in [4.78, 5) is 0. The lowest BCUT2D eigenvalue weighted by molar-refractivity contribution is 0.231. The molecule has 0 spiro atoms. The zero-order valence-corrected chi connectivity index (χ0v) is 9.95. The van der Waals surface area contributed by atoms with Crippen LogP contribution in [0.4, 0.5) is 0 Å². The molecule has 0 aliphatic heterocycles. The summed E-state index contributed by atoms with van der Waals surface area (Å²) in [6.07, 6.45) is 0.963. The van der Waals surface area contributed by atoms with E-state index < -0.39 is 0 Å². The average Bonchev–Trinajstić information content (AvgIpc) is 2.83. The lowest BCUT2D eigenvalue weighted by Crippen LogP contribution is -2.19. The maximum atomic E-state index is 9.58. The minimum atomic E-state index is -0.173. The molecule has 0 aromatic heterocycles. The molecule has 2 N–H and O–H groups in total. The number of rotatable bonds is 3. The number of phenolic OH excluding ortho intramolecular Hbond substituents is 1. The fraction of sp³-hybridized carbons (Fsp3) is 0.538. The molecule has 3 nitrogen and oxygen atoms in total. The van der Waals surface area contributed by atoms with Gasteiger partial charge in [0.15, 0.2) is 11.5 Å². The number of aromatic hydroxyl groups is 1. The van der Waals surface area contributed by atoms with Crippen molar-refractivity contribution in [1.82, 2.24) is 0 Å². The smallest absolute Gasteiger partial charge is 0.160 e. The Morgan fingerprint density at radius 3 is 2.44 bits per heavy atom. The first-order chi connectivity index (χ1) is 7.47. The van der Waals surface area contributed by atoms with E-state index in [1.807, 2.05) is 12.1 Å². The monoisotopic (exact) mass is 222 g/mol. The van der Waals surface area contributed by atoms with Gasteiger partial charge in [-0.25, -0.2) is 0 Å². The number of aliphatic hydroxyl groups is 1. The van der Waals surface area contributed by atoms with E-state index in [9.17, 15) is 10.2 Å². The van der Waals surface area contributed by atoms with E-state index in [1.54, 1.807) is 6.07 Å². The molecule has 2 rings (SSSR count). The summed E-state index contributed by atoms with van der Waals surface area (Å²) in [5.41, 5.74) is 0.979. The second kappa shape index (κ2) is 3.39. The number of hydrogen-bond donors (Lipinski definition) is 2. The molecule has 1 aromatic rings. The molecule has 1 aliphatic carbocycles. The highest BCUT2D eigenvalue weighted by atomic mass is 16.5. The molecule has 0 amide bonds. The third-order valence-electron chi connectivity index (χ3n) is 3.92. The van der Waals surface area contributed by atoms with Gasteiger partial charge in [-0.3, -0.25) is 0 Å². The topological polar surface area (TPSA) is 49.7 Å². The summed E-state index contributed by atoms with van der Waals surface area (Å²) < 4.78 is 5.09. The van der Waals surface area contributed by atoms with Crippen molar-refractivity contribution in [3.63, 3.8) is 0 Å². The Hall–Kier alpha value is -1.22. The van der Waals surface area contributed by atoms with E-state index >= 15 is 0 Å². The SMILES string of the molecule is COc1cc(C2(CO)CC2(C)C)ccc1O. The van der Waals surface area contributed by atoms with Crippen LogP contribution in [0.25, 0.3) is 0 Å². The molecule has 1 aromatic carbocycles. The molecule has 1 unspecified atom stereocenters. The Balaban J connectivity index is 2.42. The number of benzene rings is 1. The van der Waals surface area contributed by atoms with Gasteiger partial charge in [-0.1, -0.05) is 19.9 Å². The van der Waals surface area contributed by atoms with Gasteiger partial charge in [-0.05, 0) is 29.5 Å². The van der Waals surface area contributed by atoms with Gasteiger partial charge in [0.2, 0.25) is 0 Å². The number of hydrogen-bond acceptors (Lipinski definition) is 3. The molecule has 1 fully saturated rings. The standard InChI is InChI=1S/C13H18O3/c1-12(2)7-13(12,8-14)9-4-5-10(15)11(6-9)16-3/h4-6,14-15H,7-8H2,1-3H3. The Morgan fingerprint density at radius 1 is 1.38 bits per heavy atom. The Bertz CT molecular complexity index is 412. The van der Waals surface area contributed by atoms with Crippen molar-refractivity contribution >= 4 is 0 Å². The van der Waals surface area contributed by atoms with Crippen LogP contribution in [-0.2, 0) is 5.41 Å². The van der Waals surface area contributed by atoms with E-state index in [1.165, 1.54) is 7.11 Å². The van der Waals surface area contributed by atoms with Crippen LogP contribution in [0.1, 0.15) is 25.8 Å². The van der Waals surface area contributed by atoms with Gasteiger partial charge in [0.05, 0.1) is 13.7 Å². The zero-order valence-electron chi connectivity index (χ0n) is 9.95. The van der Waals surface area contributed by atoms with E-state index in [0.717, 1.165) is 12.0 Å². The van der Waals surface area contributed by atoms with Crippen LogP contribution in [0, 0.1) is 5.41 Å². The molecular weight excluding hydrogens is 204 g/mol. The molecule has 0 bridgehead atoms. The van der Waals surface area contributed by atoms with E-state index in [0.29, 0.717) is 5.75 Å². The highest BCUT2D eigenvalue weighted by Crippen LogP contribution is 2.64. The van der Waals surface area contributed by atoms with Gasteiger partial charge in [-0.2, -0.15) is 0 Å². The summed E-state index contributed by atoms with van der Waals surface area (Å²) >= 11 is 0. The lowest BCUT2D eigenvalue weighted by atomic mass is 9.88. The van der Waals surface area contributed by atoms with E-state index in [-0.39, 0.29) is 23.2 Å². The molecule has 0 heterocycles. The predicted octanol–water partition coefficient (Wildman–Crippen LogP) is 2.06. The fourth-order valence-electron chi connectivity index (χ4n) is 2.54. The highest BCUT2D eigenvalue weighted by molar-refractivity contribution is 5.47. The fourth-order valence-corrected chi connectivity index (χ4v) is 2.54. The average molecular weight is 222 g/mol. The molecular formula is C13H18O3. The summed E-state index contributed by atoms with van der Waals surface area (Å²) in [5, 5.41) is 19.1. The minimum Gasteiger partial charge on any atom is -0.504 e. The van der Waals surface area contributed by atoms with Crippen LogP contribution in [0.15, 0.2) is 18.2 Å². The molecule has 1 saturated carbocycles. The van der Waals surface area contributed by atoms with Crippen molar-refractivity contribution in [1.29, 1.82) is 0 Å². The van der Waals surface area contributed by atoms with Gasteiger partial charge in [0, 0.05) is 5.41 Å². The van der Waals surface area contributed by atoms with Crippen molar-refractivity contribution in [2.75, 3.05) is 13.7 Å². The zero-order chi connectivity index (χ0) is 12.0. The second-order valence-electron chi connectivity index (χ2n) is 5.19. The van der Waals surface area contributed by atoms with Gasteiger partial charge < -0.3 is 14.9 Å². The Kier molecular flexibility index (Phi) is 2.39. The third-order valence-corrected chi connectivity index (χ3v) is 3.92. The highest BCUT2D eigenvalue weighted by Gasteiger charge is 2.61. The van der Waals surface area contributed by atoms with Crippen molar-refractivity contribution in [3.8, 4) is 11.5 Å². The summed E-state index contributed by atoms with van der Waals surface area (Å²) in [5.74, 6) is 0.603. The molecule has 1 atom stereocenters. The van der Waals surface area contributed by atoms with Gasteiger partial charge in [-0.15, -0.1) is 0 Å². The molecule has 0 saturated heterocycles. The van der Waals surface area contributed by atoms with Crippen LogP contribution in [0.2, 0.25) is 0 Å². The summed E-state index contributed by atoms with van der Waals surface area (Å²) in [6, 6.07) is 5.31. The number of ether oxygens (including phenoxy) is 1. The van der Waals surface area contributed by atoms with Gasteiger partial charge >= 0.3 is 0 Å². The first kappa shape index (κ1) is 11.3. The van der Waals surface area contributed by atoms with Crippen LogP contribution >= 0.6 is 0 Å². The number of phenols is 1. The van der Waals surface area contributed by atoms with Gasteiger partial charge in [0.1, 0.15) is 0 Å². The van der Waals surface area contributed by atoms with Crippen molar-refractivity contribution < 1.29 is 14.9 Å². The second-order valence-corrected chi connectivity index (χ2v) is 5.19. The van der Waals surface area contributed by atoms with Crippen LogP contribution in [-0.4, -0.2) is 23.9 Å². The maximum absolute atomic E-state index is 9.58. The molecule has 3 heteroatoms. The molecule has 1 aliphatic rings. The van der Waals surface area contributed by atoms with Crippen LogP contribution < -0.4 is 4.74 Å². The van der Waals surface area contributed by atoms with Crippen LogP contribution in [0.5, 0.6) is 11.5 Å². The first-order valence-corrected chi connectivity index (χ1v) is 5.45. The minimum absolute atomic E-state index is 0.115. The molecule has 0 radical (unpaired) electrons. The normalized spacial score (nSPS) is 26.5. The largest absolute Gasteiger partial charge is 0.504 e. The predicted molar refractivity (Wildman–Crippen MR) is 61.8 cm³/mol. The third kappa shape index (κ3) is 1.39. The molecule has 88 valence electrons. The summed E-state index contributed by atoms with van der Waals surface area (Å²) in [7, 11) is 1.53. The molecule has 16 heavy (non-hydrogen) atoms. The maximum Gasteiger partial charge on any atom is 0.160 e. The Labute approximate surface area is 95.7 Å². The van der Waals surface area contributed by atoms with Crippen LogP contribution in [0.3, 0.4) is 0 Å². The number of methoxy groups -OCH3 is 1. The number of aliphatic hydroxyl groups excluding tert-OH is 1. The quantitative estimate of drug-likeness (QED) is 0.823. The van der Waals surface area contributed by atoms with Crippen molar-refractivity contribution in [2.24, 2.45) is 5.41 Å². The van der Waals surface area contributed by atoms with Crippen molar-refractivity contribution in [2.45, 2.75) is 25.7 Å². The lowest BCUT2D eigenvalue weighted by Gasteiger charge is -2.19. The van der Waals surface area contributed by atoms with Crippen molar-refractivity contribution in [3.05, 3.63) is 23.8 Å².